The minimum atomic E-state index is -4.58. The molecule has 6 nitrogen and oxygen atoms in total. The molecule has 0 aliphatic rings. The Balaban J connectivity index is 1.90. The summed E-state index contributed by atoms with van der Waals surface area (Å²) in [6.07, 6.45) is -4.58. The van der Waals surface area contributed by atoms with Crippen LogP contribution in [0, 0.1) is 0 Å². The maximum Gasteiger partial charge on any atom is 0.418 e. The number of hydrogen-bond donors (Lipinski definition) is 1. The fourth-order valence-electron chi connectivity index (χ4n) is 1.79. The van der Waals surface area contributed by atoms with Crippen molar-refractivity contribution < 1.29 is 22.8 Å². The third kappa shape index (κ3) is 5.71. The first-order valence-electron chi connectivity index (χ1n) is 6.86. The zero-order valence-corrected chi connectivity index (χ0v) is 14.5. The van der Waals surface area contributed by atoms with Crippen LogP contribution in [-0.2, 0) is 15.8 Å². The molecule has 0 aliphatic heterocycles. The minimum Gasteiger partial charge on any atom is -0.336 e. The molecule has 1 aromatic carbocycles. The molecular weight excluding hydrogens is 377 g/mol. The Morgan fingerprint density at radius 2 is 2.04 bits per heavy atom. The number of benzene rings is 1. The van der Waals surface area contributed by atoms with E-state index in [9.17, 15) is 22.8 Å². The van der Waals surface area contributed by atoms with Crippen molar-refractivity contribution in [3.8, 4) is 0 Å². The van der Waals surface area contributed by atoms with E-state index in [1.165, 1.54) is 47.8 Å². The van der Waals surface area contributed by atoms with Crippen molar-refractivity contribution in [1.82, 2.24) is 15.1 Å². The second-order valence-corrected chi connectivity index (χ2v) is 6.89. The van der Waals surface area contributed by atoms with Crippen LogP contribution in [-0.4, -0.2) is 46.3 Å². The van der Waals surface area contributed by atoms with Crippen molar-refractivity contribution in [3.05, 3.63) is 35.3 Å². The number of rotatable bonds is 6. The van der Waals surface area contributed by atoms with Crippen LogP contribution < -0.4 is 5.32 Å². The maximum absolute atomic E-state index is 12.9. The van der Waals surface area contributed by atoms with Crippen molar-refractivity contribution >= 4 is 40.6 Å². The number of aromatic nitrogens is 2. The average Bonchev–Trinajstić information content (AvgIpc) is 3.05. The quantitative estimate of drug-likeness (QED) is 0.768. The van der Waals surface area contributed by atoms with Crippen LogP contribution in [0.4, 0.5) is 18.9 Å². The first-order valence-corrected chi connectivity index (χ1v) is 8.73. The third-order valence-electron chi connectivity index (χ3n) is 2.97. The van der Waals surface area contributed by atoms with E-state index in [-0.39, 0.29) is 23.9 Å². The molecule has 0 radical (unpaired) electrons. The van der Waals surface area contributed by atoms with Crippen LogP contribution in [0.5, 0.6) is 0 Å². The summed E-state index contributed by atoms with van der Waals surface area (Å²) in [4.78, 5) is 25.0. The van der Waals surface area contributed by atoms with Gasteiger partial charge in [-0.15, -0.1) is 10.2 Å². The van der Waals surface area contributed by atoms with Crippen molar-refractivity contribution in [1.29, 1.82) is 0 Å². The van der Waals surface area contributed by atoms with Crippen molar-refractivity contribution in [3.63, 3.8) is 0 Å². The van der Waals surface area contributed by atoms with E-state index in [1.54, 1.807) is 0 Å². The number of hydrogen-bond acceptors (Lipinski definition) is 6. The van der Waals surface area contributed by atoms with E-state index >= 15 is 0 Å². The Labute approximate surface area is 149 Å². The zero-order valence-electron chi connectivity index (χ0n) is 12.9. The molecule has 0 spiro atoms. The van der Waals surface area contributed by atoms with Crippen LogP contribution >= 0.6 is 23.1 Å². The van der Waals surface area contributed by atoms with Gasteiger partial charge in [-0.1, -0.05) is 35.2 Å². The molecule has 0 fully saturated rings. The van der Waals surface area contributed by atoms with E-state index < -0.39 is 17.6 Å². The number of carbonyl (C=O) groups excluding carboxylic acids is 2. The van der Waals surface area contributed by atoms with Crippen LogP contribution in [0.2, 0.25) is 0 Å². The van der Waals surface area contributed by atoms with Gasteiger partial charge in [-0.05, 0) is 12.1 Å². The number of nitrogens with zero attached hydrogens (tertiary/aromatic N) is 3. The summed E-state index contributed by atoms with van der Waals surface area (Å²) in [6.45, 7) is -0.359. The summed E-state index contributed by atoms with van der Waals surface area (Å²) in [7, 11) is 1.40. The number of carbonyl (C=O) groups is 2. The Hall–Kier alpha value is -2.14. The topological polar surface area (TPSA) is 75.2 Å². The molecule has 0 unspecified atom stereocenters. The highest BCUT2D eigenvalue weighted by atomic mass is 32.2. The van der Waals surface area contributed by atoms with E-state index in [1.807, 2.05) is 0 Å². The third-order valence-corrected chi connectivity index (χ3v) is 4.82. The van der Waals surface area contributed by atoms with Gasteiger partial charge in [0.1, 0.15) is 5.51 Å². The van der Waals surface area contributed by atoms with Crippen molar-refractivity contribution in [2.45, 2.75) is 10.5 Å². The van der Waals surface area contributed by atoms with Crippen molar-refractivity contribution in [2.75, 3.05) is 24.7 Å². The molecule has 134 valence electrons. The summed E-state index contributed by atoms with van der Waals surface area (Å²) < 4.78 is 39.3. The highest BCUT2D eigenvalue weighted by Crippen LogP contribution is 2.34. The number of alkyl halides is 3. The van der Waals surface area contributed by atoms with Gasteiger partial charge >= 0.3 is 6.18 Å². The fraction of sp³-hybridized carbons (Fsp3) is 0.286. The first-order chi connectivity index (χ1) is 11.8. The Kier molecular flexibility index (Phi) is 6.37. The smallest absolute Gasteiger partial charge is 0.336 e. The van der Waals surface area contributed by atoms with Crippen molar-refractivity contribution in [2.24, 2.45) is 0 Å². The minimum absolute atomic E-state index is 0.0537. The zero-order chi connectivity index (χ0) is 18.4. The van der Waals surface area contributed by atoms with E-state index in [4.69, 9.17) is 0 Å². The van der Waals surface area contributed by atoms with Crippen LogP contribution in [0.3, 0.4) is 0 Å². The Bertz CT molecular complexity index is 738. The molecule has 0 saturated heterocycles. The molecule has 1 heterocycles. The number of para-hydroxylation sites is 1. The SMILES string of the molecule is CN(CC(=O)Nc1ccccc1C(F)(F)F)C(=O)CSc1nncs1. The number of thioether (sulfide) groups is 1. The summed E-state index contributed by atoms with van der Waals surface area (Å²) in [5.41, 5.74) is 0.246. The lowest BCUT2D eigenvalue weighted by molar-refractivity contribution is -0.137. The summed E-state index contributed by atoms with van der Waals surface area (Å²) in [5.74, 6) is -1.01. The number of halogens is 3. The molecule has 0 bridgehead atoms. The van der Waals surface area contributed by atoms with Crippen LogP contribution in [0.25, 0.3) is 0 Å². The molecule has 11 heteroatoms. The highest BCUT2D eigenvalue weighted by molar-refractivity contribution is 8.01. The van der Waals surface area contributed by atoms with Crippen LogP contribution in [0.15, 0.2) is 34.1 Å². The summed E-state index contributed by atoms with van der Waals surface area (Å²) in [6, 6.07) is 4.66. The first kappa shape index (κ1) is 19.2. The normalized spacial score (nSPS) is 11.2. The van der Waals surface area contributed by atoms with Gasteiger partial charge in [0.2, 0.25) is 11.8 Å². The average molecular weight is 390 g/mol. The summed E-state index contributed by atoms with van der Waals surface area (Å²) >= 11 is 2.45. The number of amides is 2. The molecule has 2 aromatic rings. The molecule has 2 amide bonds. The largest absolute Gasteiger partial charge is 0.418 e. The lowest BCUT2D eigenvalue weighted by Crippen LogP contribution is -2.36. The lowest BCUT2D eigenvalue weighted by atomic mass is 10.1. The predicted octanol–water partition coefficient (Wildman–Crippen LogP) is 2.75. The molecule has 0 aliphatic carbocycles. The van der Waals surface area contributed by atoms with Gasteiger partial charge in [0, 0.05) is 7.05 Å². The fourth-order valence-corrected chi connectivity index (χ4v) is 3.22. The second-order valence-electron chi connectivity index (χ2n) is 4.83. The standard InChI is InChI=1S/C14H13F3N4O2S2/c1-21(12(23)7-24-13-20-18-8-25-13)6-11(22)19-10-5-3-2-4-9(10)14(15,16)17/h2-5,8H,6-7H2,1H3,(H,19,22). The highest BCUT2D eigenvalue weighted by Gasteiger charge is 2.33. The monoisotopic (exact) mass is 390 g/mol. The lowest BCUT2D eigenvalue weighted by Gasteiger charge is -2.18. The molecular formula is C14H13F3N4O2S2. The van der Waals surface area contributed by atoms with Gasteiger partial charge in [-0.25, -0.2) is 0 Å². The van der Waals surface area contributed by atoms with Gasteiger partial charge in [0.05, 0.1) is 23.5 Å². The number of anilines is 1. The molecule has 0 atom stereocenters. The van der Waals surface area contributed by atoms with Gasteiger partial charge in [-0.2, -0.15) is 13.2 Å². The molecule has 0 saturated carbocycles. The van der Waals surface area contributed by atoms with Crippen LogP contribution in [0.1, 0.15) is 5.56 Å². The van der Waals surface area contributed by atoms with Gasteiger partial charge in [-0.3, -0.25) is 9.59 Å². The molecule has 1 aromatic heterocycles. The van der Waals surface area contributed by atoms with Gasteiger partial charge in [0.15, 0.2) is 4.34 Å². The van der Waals surface area contributed by atoms with E-state index in [0.29, 0.717) is 4.34 Å². The Morgan fingerprint density at radius 3 is 2.68 bits per heavy atom. The van der Waals surface area contributed by atoms with E-state index in [2.05, 4.69) is 15.5 Å². The molecule has 1 N–H and O–H groups in total. The van der Waals surface area contributed by atoms with E-state index in [0.717, 1.165) is 17.0 Å². The Morgan fingerprint density at radius 1 is 1.32 bits per heavy atom. The predicted molar refractivity (Wildman–Crippen MR) is 88.3 cm³/mol. The number of likely N-dealkylation sites (N-methyl/N-ethyl adjacent to an activating group) is 1. The van der Waals surface area contributed by atoms with Gasteiger partial charge in [0.25, 0.3) is 0 Å². The second kappa shape index (κ2) is 8.30. The van der Waals surface area contributed by atoms with Gasteiger partial charge < -0.3 is 10.2 Å². The molecule has 2 rings (SSSR count). The number of nitrogens with one attached hydrogen (secondary N) is 1. The summed E-state index contributed by atoms with van der Waals surface area (Å²) in [5, 5.41) is 9.60. The maximum atomic E-state index is 12.9. The molecule has 25 heavy (non-hydrogen) atoms.